The fourth-order valence-electron chi connectivity index (χ4n) is 0.822. The molecule has 0 heterocycles. The topological polar surface area (TPSA) is 17.1 Å². The molecule has 0 aliphatic heterocycles. The maximum Gasteiger partial charge on any atom is 0.142 e. The SMILES string of the molecule is O=C/C=C/c1cc(F)cc(F)c1. The highest BCUT2D eigenvalue weighted by molar-refractivity contribution is 5.73. The number of hydrogen-bond acceptors (Lipinski definition) is 1. The first-order valence-electron chi connectivity index (χ1n) is 3.30. The number of carbonyl (C=O) groups excluding carboxylic acids is 1. The van der Waals surface area contributed by atoms with Crippen LogP contribution in [0.3, 0.4) is 0 Å². The minimum absolute atomic E-state index is 0.333. The number of aldehydes is 1. The normalized spacial score (nSPS) is 10.5. The molecule has 0 aliphatic carbocycles. The monoisotopic (exact) mass is 168 g/mol. The Hall–Kier alpha value is -1.51. The van der Waals surface area contributed by atoms with Crippen molar-refractivity contribution < 1.29 is 13.6 Å². The average molecular weight is 168 g/mol. The molecular formula is C9H6F2O. The number of carbonyl (C=O) groups is 1. The predicted octanol–water partition coefficient (Wildman–Crippen LogP) is 2.18. The van der Waals surface area contributed by atoms with E-state index < -0.39 is 11.6 Å². The molecule has 0 bridgehead atoms. The Labute approximate surface area is 68.3 Å². The van der Waals surface area contributed by atoms with Crippen molar-refractivity contribution >= 4 is 12.4 Å². The number of halogens is 2. The van der Waals surface area contributed by atoms with Crippen LogP contribution in [0.25, 0.3) is 6.08 Å². The summed E-state index contributed by atoms with van der Waals surface area (Å²) in [5.41, 5.74) is 0.333. The van der Waals surface area contributed by atoms with Crippen molar-refractivity contribution in [2.24, 2.45) is 0 Å². The maximum atomic E-state index is 12.5. The Morgan fingerprint density at radius 2 is 1.67 bits per heavy atom. The van der Waals surface area contributed by atoms with Gasteiger partial charge in [0.1, 0.15) is 17.9 Å². The van der Waals surface area contributed by atoms with E-state index in [2.05, 4.69) is 0 Å². The van der Waals surface area contributed by atoms with Gasteiger partial charge in [-0.05, 0) is 23.8 Å². The molecule has 0 saturated heterocycles. The molecule has 1 rings (SSSR count). The van der Waals surface area contributed by atoms with Gasteiger partial charge in [-0.2, -0.15) is 0 Å². The van der Waals surface area contributed by atoms with E-state index in [-0.39, 0.29) is 0 Å². The van der Waals surface area contributed by atoms with Crippen molar-refractivity contribution in [3.8, 4) is 0 Å². The van der Waals surface area contributed by atoms with E-state index >= 15 is 0 Å². The van der Waals surface area contributed by atoms with E-state index in [0.717, 1.165) is 18.2 Å². The maximum absolute atomic E-state index is 12.5. The molecule has 1 nitrogen and oxygen atoms in total. The smallest absolute Gasteiger partial charge is 0.142 e. The lowest BCUT2D eigenvalue weighted by atomic mass is 10.2. The Kier molecular flexibility index (Phi) is 2.69. The molecule has 3 heteroatoms. The van der Waals surface area contributed by atoms with Crippen molar-refractivity contribution in [1.29, 1.82) is 0 Å². The summed E-state index contributed by atoms with van der Waals surface area (Å²) in [6, 6.07) is 3.06. The summed E-state index contributed by atoms with van der Waals surface area (Å²) in [5, 5.41) is 0. The highest BCUT2D eigenvalue weighted by Gasteiger charge is 1.96. The molecule has 12 heavy (non-hydrogen) atoms. The van der Waals surface area contributed by atoms with Gasteiger partial charge in [-0.3, -0.25) is 4.79 Å². The van der Waals surface area contributed by atoms with Crippen LogP contribution >= 0.6 is 0 Å². The molecule has 1 aromatic carbocycles. The Morgan fingerprint density at radius 1 is 1.08 bits per heavy atom. The second-order valence-corrected chi connectivity index (χ2v) is 2.20. The third-order valence-electron chi connectivity index (χ3n) is 1.25. The number of allylic oxidation sites excluding steroid dienone is 1. The molecular weight excluding hydrogens is 162 g/mol. The molecule has 62 valence electrons. The summed E-state index contributed by atoms with van der Waals surface area (Å²) in [7, 11) is 0. The molecule has 0 atom stereocenters. The van der Waals surface area contributed by atoms with Crippen molar-refractivity contribution in [2.75, 3.05) is 0 Å². The van der Waals surface area contributed by atoms with Gasteiger partial charge in [0.25, 0.3) is 0 Å². The molecule has 0 amide bonds. The standard InChI is InChI=1S/C9H6F2O/c10-8-4-7(2-1-3-12)5-9(11)6-8/h1-6H/b2-1+. The Morgan fingerprint density at radius 3 is 2.17 bits per heavy atom. The summed E-state index contributed by atoms with van der Waals surface area (Å²) < 4.78 is 25.0. The van der Waals surface area contributed by atoms with E-state index in [4.69, 9.17) is 0 Å². The minimum Gasteiger partial charge on any atom is -0.299 e. The van der Waals surface area contributed by atoms with Gasteiger partial charge >= 0.3 is 0 Å². The van der Waals surface area contributed by atoms with Crippen molar-refractivity contribution in [2.45, 2.75) is 0 Å². The first-order chi connectivity index (χ1) is 5.72. The molecule has 0 radical (unpaired) electrons. The fourth-order valence-corrected chi connectivity index (χ4v) is 0.822. The molecule has 0 saturated carbocycles. The van der Waals surface area contributed by atoms with Gasteiger partial charge in [-0.25, -0.2) is 8.78 Å². The van der Waals surface area contributed by atoms with Crippen molar-refractivity contribution in [3.63, 3.8) is 0 Å². The fraction of sp³-hybridized carbons (Fsp3) is 0. The van der Waals surface area contributed by atoms with E-state index in [1.807, 2.05) is 0 Å². The van der Waals surface area contributed by atoms with Crippen LogP contribution in [0.4, 0.5) is 8.78 Å². The van der Waals surface area contributed by atoms with Crippen LogP contribution in [0, 0.1) is 11.6 Å². The summed E-state index contributed by atoms with van der Waals surface area (Å²) in [5.74, 6) is -1.30. The van der Waals surface area contributed by atoms with Crippen LogP contribution in [-0.4, -0.2) is 6.29 Å². The molecule has 0 aliphatic rings. The molecule has 0 N–H and O–H groups in total. The van der Waals surface area contributed by atoms with Gasteiger partial charge in [-0.15, -0.1) is 0 Å². The van der Waals surface area contributed by atoms with Crippen LogP contribution in [0.15, 0.2) is 24.3 Å². The van der Waals surface area contributed by atoms with Crippen LogP contribution in [0.5, 0.6) is 0 Å². The molecule has 0 spiro atoms. The second kappa shape index (κ2) is 3.76. The quantitative estimate of drug-likeness (QED) is 0.488. The van der Waals surface area contributed by atoms with Gasteiger partial charge in [-0.1, -0.05) is 6.08 Å². The lowest BCUT2D eigenvalue weighted by molar-refractivity contribution is -0.104. The highest BCUT2D eigenvalue weighted by atomic mass is 19.1. The lowest BCUT2D eigenvalue weighted by Gasteiger charge is -1.93. The summed E-state index contributed by atoms with van der Waals surface area (Å²) in [6.45, 7) is 0. The lowest BCUT2D eigenvalue weighted by Crippen LogP contribution is -1.81. The van der Waals surface area contributed by atoms with Gasteiger partial charge in [0.15, 0.2) is 0 Å². The number of benzene rings is 1. The molecule has 0 unspecified atom stereocenters. The van der Waals surface area contributed by atoms with E-state index in [1.54, 1.807) is 0 Å². The first-order valence-corrected chi connectivity index (χ1v) is 3.30. The Balaban J connectivity index is 3.00. The third kappa shape index (κ3) is 2.27. The van der Waals surface area contributed by atoms with Crippen LogP contribution in [-0.2, 0) is 4.79 Å². The van der Waals surface area contributed by atoms with Gasteiger partial charge in [0.2, 0.25) is 0 Å². The minimum atomic E-state index is -0.652. The van der Waals surface area contributed by atoms with Crippen LogP contribution in [0.1, 0.15) is 5.56 Å². The largest absolute Gasteiger partial charge is 0.299 e. The molecule has 0 fully saturated rings. The van der Waals surface area contributed by atoms with E-state index in [1.165, 1.54) is 12.2 Å². The van der Waals surface area contributed by atoms with Crippen molar-refractivity contribution in [3.05, 3.63) is 41.5 Å². The summed E-state index contributed by atoms with van der Waals surface area (Å²) >= 11 is 0. The summed E-state index contributed by atoms with van der Waals surface area (Å²) in [6.07, 6.45) is 3.05. The molecule has 0 aromatic heterocycles. The van der Waals surface area contributed by atoms with Gasteiger partial charge in [0, 0.05) is 6.07 Å². The average Bonchev–Trinajstić information content (AvgIpc) is 1.99. The van der Waals surface area contributed by atoms with Gasteiger partial charge in [0.05, 0.1) is 0 Å². The van der Waals surface area contributed by atoms with Crippen LogP contribution in [0.2, 0.25) is 0 Å². The third-order valence-corrected chi connectivity index (χ3v) is 1.25. The zero-order chi connectivity index (χ0) is 8.97. The highest BCUT2D eigenvalue weighted by Crippen LogP contribution is 2.08. The zero-order valence-electron chi connectivity index (χ0n) is 6.13. The first kappa shape index (κ1) is 8.59. The van der Waals surface area contributed by atoms with E-state index in [0.29, 0.717) is 11.8 Å². The second-order valence-electron chi connectivity index (χ2n) is 2.20. The molecule has 1 aromatic rings. The van der Waals surface area contributed by atoms with Gasteiger partial charge < -0.3 is 0 Å². The summed E-state index contributed by atoms with van der Waals surface area (Å²) in [4.78, 5) is 9.87. The number of rotatable bonds is 2. The zero-order valence-corrected chi connectivity index (χ0v) is 6.13. The Bertz CT molecular complexity index is 298. The van der Waals surface area contributed by atoms with Crippen molar-refractivity contribution in [1.82, 2.24) is 0 Å². The number of hydrogen-bond donors (Lipinski definition) is 0. The van der Waals surface area contributed by atoms with Crippen LogP contribution < -0.4 is 0 Å². The predicted molar refractivity (Wildman–Crippen MR) is 41.5 cm³/mol. The van der Waals surface area contributed by atoms with E-state index in [9.17, 15) is 13.6 Å².